The highest BCUT2D eigenvalue weighted by molar-refractivity contribution is 6.31. The molecule has 0 radical (unpaired) electrons. The number of nitrogens with two attached hydrogens (primary N) is 1. The highest BCUT2D eigenvalue weighted by atomic mass is 16.7. The quantitative estimate of drug-likeness (QED) is 0.220. The van der Waals surface area contributed by atoms with Gasteiger partial charge in [0.2, 0.25) is 6.29 Å². The minimum atomic E-state index is -2.26. The van der Waals surface area contributed by atoms with E-state index in [1.807, 2.05) is 0 Å². The molecule has 0 fully saturated rings. The normalized spacial score (nSPS) is 26.1. The average molecular weight is 527 g/mol. The molecular weight excluding hydrogens is 502 g/mol. The smallest absolute Gasteiger partial charge is 0.201 e. The van der Waals surface area contributed by atoms with Crippen LogP contribution in [-0.2, 0) is 27.3 Å². The molecule has 0 saturated carbocycles. The topological polar surface area (TPSA) is 217 Å². The second-order valence-corrected chi connectivity index (χ2v) is 9.56. The molecular formula is C26H25NO11. The van der Waals surface area contributed by atoms with Crippen molar-refractivity contribution in [3.05, 3.63) is 69.2 Å². The molecule has 38 heavy (non-hydrogen) atoms. The van der Waals surface area contributed by atoms with E-state index >= 15 is 0 Å². The molecule has 2 aliphatic carbocycles. The van der Waals surface area contributed by atoms with Crippen molar-refractivity contribution >= 4 is 17.3 Å². The number of ketones is 3. The van der Waals surface area contributed by atoms with Crippen LogP contribution in [0.3, 0.4) is 0 Å². The number of phenols is 2. The number of aliphatic hydroxyl groups excluding tert-OH is 3. The zero-order chi connectivity index (χ0) is 27.5. The van der Waals surface area contributed by atoms with Gasteiger partial charge in [0.25, 0.3) is 0 Å². The lowest BCUT2D eigenvalue weighted by Gasteiger charge is -2.40. The van der Waals surface area contributed by atoms with Gasteiger partial charge in [-0.05, 0) is 5.56 Å². The Balaban J connectivity index is 1.70. The Morgan fingerprint density at radius 1 is 1.08 bits per heavy atom. The van der Waals surface area contributed by atoms with Crippen molar-refractivity contribution in [1.82, 2.24) is 0 Å². The lowest BCUT2D eigenvalue weighted by molar-refractivity contribution is -0.180. The van der Waals surface area contributed by atoms with Crippen molar-refractivity contribution in [3.8, 4) is 11.5 Å². The predicted octanol–water partition coefficient (Wildman–Crippen LogP) is 0.135. The fraction of sp³-hybridized carbons (Fsp3) is 0.346. The number of carbonyl (C=O) groups excluding carboxylic acids is 3. The fourth-order valence-corrected chi connectivity index (χ4v) is 5.35. The molecule has 0 bridgehead atoms. The van der Waals surface area contributed by atoms with E-state index in [1.54, 1.807) is 0 Å². The summed E-state index contributed by atoms with van der Waals surface area (Å²) in [6.07, 6.45) is -2.68. The zero-order valence-electron chi connectivity index (χ0n) is 19.9. The molecule has 0 aromatic heterocycles. The van der Waals surface area contributed by atoms with Crippen molar-refractivity contribution in [1.29, 1.82) is 0 Å². The highest BCUT2D eigenvalue weighted by Gasteiger charge is 2.49. The molecule has 5 rings (SSSR count). The molecule has 3 aliphatic rings. The summed E-state index contributed by atoms with van der Waals surface area (Å²) in [5.41, 5.74) is 2.11. The van der Waals surface area contributed by atoms with Crippen LogP contribution in [0.1, 0.15) is 67.5 Å². The van der Waals surface area contributed by atoms with Gasteiger partial charge in [-0.2, -0.15) is 0 Å². The van der Waals surface area contributed by atoms with E-state index in [4.69, 9.17) is 15.2 Å². The summed E-state index contributed by atoms with van der Waals surface area (Å²) in [5, 5.41) is 62.7. The zero-order valence-corrected chi connectivity index (χ0v) is 19.9. The van der Waals surface area contributed by atoms with Crippen LogP contribution in [0.15, 0.2) is 30.2 Å². The molecule has 0 amide bonds. The monoisotopic (exact) mass is 527 g/mol. The molecule has 4 atom stereocenters. The first-order valence-corrected chi connectivity index (χ1v) is 11.8. The summed E-state index contributed by atoms with van der Waals surface area (Å²) in [6, 6.07) is 3.40. The van der Waals surface area contributed by atoms with Gasteiger partial charge in [-0.3, -0.25) is 14.4 Å². The Labute approximate surface area is 215 Å². The Kier molecular flexibility index (Phi) is 6.24. The summed E-state index contributed by atoms with van der Waals surface area (Å²) in [6.45, 7) is -1.59. The van der Waals surface area contributed by atoms with E-state index in [9.17, 15) is 45.0 Å². The molecule has 1 aliphatic heterocycles. The van der Waals surface area contributed by atoms with Gasteiger partial charge < -0.3 is 45.8 Å². The van der Waals surface area contributed by atoms with Crippen LogP contribution in [-0.4, -0.2) is 72.5 Å². The average Bonchev–Trinajstić information content (AvgIpc) is 2.90. The number of phenolic OH excluding ortho intramolecular Hbond substituents is 2. The number of hydrogen-bond donors (Lipinski definition) is 7. The summed E-state index contributed by atoms with van der Waals surface area (Å²) in [7, 11) is 0. The third-order valence-corrected chi connectivity index (χ3v) is 7.30. The molecule has 0 spiro atoms. The number of benzene rings is 2. The SMILES string of the molecule is NC1C[C@H](O[C@H]2C[C@](O)(C(=O)CO)Cc3c(O)c4c(c(O)c32)C(=O)c2c(CO)cccc2C4=O)OC=C1O. The van der Waals surface area contributed by atoms with Crippen LogP contribution in [0, 0.1) is 0 Å². The van der Waals surface area contributed by atoms with Gasteiger partial charge in [-0.15, -0.1) is 0 Å². The second-order valence-electron chi connectivity index (χ2n) is 9.56. The third kappa shape index (κ3) is 3.77. The molecule has 12 nitrogen and oxygen atoms in total. The summed E-state index contributed by atoms with van der Waals surface area (Å²) < 4.78 is 11.2. The predicted molar refractivity (Wildman–Crippen MR) is 126 cm³/mol. The van der Waals surface area contributed by atoms with Gasteiger partial charge in [-0.25, -0.2) is 0 Å². The Morgan fingerprint density at radius 3 is 2.45 bits per heavy atom. The van der Waals surface area contributed by atoms with Crippen molar-refractivity contribution in [2.24, 2.45) is 5.73 Å². The van der Waals surface area contributed by atoms with E-state index in [0.717, 1.165) is 6.26 Å². The maximum atomic E-state index is 13.6. The van der Waals surface area contributed by atoms with Gasteiger partial charge in [0.05, 0.1) is 29.9 Å². The number of carbonyl (C=O) groups is 3. The maximum Gasteiger partial charge on any atom is 0.201 e. The first-order valence-electron chi connectivity index (χ1n) is 11.8. The largest absolute Gasteiger partial charge is 0.507 e. The van der Waals surface area contributed by atoms with E-state index in [2.05, 4.69) is 0 Å². The van der Waals surface area contributed by atoms with Crippen LogP contribution < -0.4 is 5.73 Å². The molecule has 1 heterocycles. The summed E-state index contributed by atoms with van der Waals surface area (Å²) in [4.78, 5) is 39.5. The fourth-order valence-electron chi connectivity index (χ4n) is 5.35. The van der Waals surface area contributed by atoms with Crippen molar-refractivity contribution in [2.45, 2.75) is 49.9 Å². The standard InChI is InChI=1S/C26H25NO11/c27-13-4-17(37-9-14(13)30)38-15-6-26(36,16(31)8-29)5-12-19(15)25(35)21-20(23(12)33)22(32)11-3-1-2-10(7-28)18(11)24(21)34/h1-3,9,13,15,17,28-30,33,35-36H,4-8,27H2/t13?,15-,17-,26-/m0/s1. The molecule has 1 unspecified atom stereocenters. The van der Waals surface area contributed by atoms with Crippen LogP contribution >= 0.6 is 0 Å². The van der Waals surface area contributed by atoms with Crippen LogP contribution in [0.25, 0.3) is 0 Å². The first-order chi connectivity index (χ1) is 18.0. The van der Waals surface area contributed by atoms with Gasteiger partial charge in [0.15, 0.2) is 17.3 Å². The van der Waals surface area contributed by atoms with E-state index < -0.39 is 90.1 Å². The van der Waals surface area contributed by atoms with Crippen LogP contribution in [0.4, 0.5) is 0 Å². The van der Waals surface area contributed by atoms with Crippen LogP contribution in [0.5, 0.6) is 11.5 Å². The van der Waals surface area contributed by atoms with Crippen molar-refractivity contribution < 1.29 is 54.5 Å². The maximum absolute atomic E-state index is 13.6. The minimum absolute atomic E-state index is 0.0527. The third-order valence-electron chi connectivity index (χ3n) is 7.30. The number of ether oxygens (including phenoxy) is 2. The number of Topliss-reactive ketones (excluding diaryl/α,β-unsaturated/α-hetero) is 1. The number of aromatic hydroxyl groups is 2. The first kappa shape index (κ1) is 25.8. The Bertz CT molecular complexity index is 1410. The summed E-state index contributed by atoms with van der Waals surface area (Å²) >= 11 is 0. The molecule has 200 valence electrons. The van der Waals surface area contributed by atoms with Gasteiger partial charge in [-0.1, -0.05) is 18.2 Å². The number of hydrogen-bond acceptors (Lipinski definition) is 12. The van der Waals surface area contributed by atoms with Crippen LogP contribution in [0.2, 0.25) is 0 Å². The van der Waals surface area contributed by atoms with Gasteiger partial charge in [0, 0.05) is 41.5 Å². The Morgan fingerprint density at radius 2 is 1.79 bits per heavy atom. The number of fused-ring (bicyclic) bond motifs is 3. The lowest BCUT2D eigenvalue weighted by atomic mass is 9.71. The molecule has 0 saturated heterocycles. The van der Waals surface area contributed by atoms with Gasteiger partial charge in [0.1, 0.15) is 35.7 Å². The van der Waals surface area contributed by atoms with E-state index in [-0.39, 0.29) is 40.0 Å². The van der Waals surface area contributed by atoms with Gasteiger partial charge >= 0.3 is 0 Å². The minimum Gasteiger partial charge on any atom is -0.507 e. The van der Waals surface area contributed by atoms with Crippen molar-refractivity contribution in [2.75, 3.05) is 6.61 Å². The van der Waals surface area contributed by atoms with E-state index in [0.29, 0.717) is 0 Å². The number of rotatable bonds is 5. The Hall–Kier alpha value is -3.81. The molecule has 8 N–H and O–H groups in total. The van der Waals surface area contributed by atoms with E-state index in [1.165, 1.54) is 18.2 Å². The summed E-state index contributed by atoms with van der Waals surface area (Å²) in [5.74, 6) is -4.29. The van der Waals surface area contributed by atoms with Crippen molar-refractivity contribution in [3.63, 3.8) is 0 Å². The molecule has 2 aromatic carbocycles. The molecule has 12 heteroatoms. The molecule has 2 aromatic rings. The number of aliphatic hydroxyl groups is 4. The highest BCUT2D eigenvalue weighted by Crippen LogP contribution is 2.52. The lowest BCUT2D eigenvalue weighted by Crippen LogP contribution is -2.48. The second kappa shape index (κ2) is 9.19.